The van der Waals surface area contributed by atoms with E-state index in [1.54, 1.807) is 0 Å². The molecule has 122 valence electrons. The van der Waals surface area contributed by atoms with E-state index in [1.165, 1.54) is 5.56 Å². The molecule has 1 saturated heterocycles. The molecule has 4 nitrogen and oxygen atoms in total. The first-order valence-electron chi connectivity index (χ1n) is 8.37. The molecule has 0 unspecified atom stereocenters. The van der Waals surface area contributed by atoms with E-state index in [4.69, 9.17) is 5.11 Å². The molecule has 1 aromatic carbocycles. The molecule has 1 fully saturated rings. The standard InChI is InChI=1S/C18H28N2O2/c1-2-19(12-13-21)15-18(22)20-10-8-17(9-11-20)14-16-6-4-3-5-7-16/h3-7,17,21H,2,8-15H2,1H3. The number of carbonyl (C=O) groups excluding carboxylic acids is 1. The Morgan fingerprint density at radius 3 is 2.55 bits per heavy atom. The van der Waals surface area contributed by atoms with Gasteiger partial charge in [-0.3, -0.25) is 9.69 Å². The normalized spacial score (nSPS) is 16.2. The van der Waals surface area contributed by atoms with Gasteiger partial charge in [-0.25, -0.2) is 0 Å². The summed E-state index contributed by atoms with van der Waals surface area (Å²) in [6, 6.07) is 10.6. The predicted octanol–water partition coefficient (Wildman–Crippen LogP) is 1.78. The minimum Gasteiger partial charge on any atom is -0.395 e. The topological polar surface area (TPSA) is 43.8 Å². The van der Waals surface area contributed by atoms with E-state index < -0.39 is 0 Å². The number of carbonyl (C=O) groups is 1. The predicted molar refractivity (Wildman–Crippen MR) is 88.6 cm³/mol. The Labute approximate surface area is 133 Å². The Kier molecular flexibility index (Phi) is 6.87. The maximum atomic E-state index is 12.3. The van der Waals surface area contributed by atoms with Gasteiger partial charge in [-0.15, -0.1) is 0 Å². The highest BCUT2D eigenvalue weighted by atomic mass is 16.3. The molecule has 0 atom stereocenters. The van der Waals surface area contributed by atoms with E-state index in [-0.39, 0.29) is 12.5 Å². The summed E-state index contributed by atoms with van der Waals surface area (Å²) < 4.78 is 0. The Morgan fingerprint density at radius 2 is 1.95 bits per heavy atom. The number of benzene rings is 1. The third-order valence-corrected chi connectivity index (χ3v) is 4.56. The molecule has 0 aliphatic carbocycles. The Balaban J connectivity index is 1.75. The first kappa shape index (κ1) is 17.0. The number of amides is 1. The van der Waals surface area contributed by atoms with Crippen molar-refractivity contribution in [2.24, 2.45) is 5.92 Å². The highest BCUT2D eigenvalue weighted by Crippen LogP contribution is 2.21. The number of likely N-dealkylation sites (N-methyl/N-ethyl adjacent to an activating group) is 1. The second kappa shape index (κ2) is 8.91. The molecule has 0 saturated carbocycles. The maximum absolute atomic E-state index is 12.3. The Bertz CT molecular complexity index is 442. The number of hydrogen-bond donors (Lipinski definition) is 1. The molecule has 0 spiro atoms. The average molecular weight is 304 g/mol. The molecule has 1 aromatic rings. The van der Waals surface area contributed by atoms with Crippen molar-refractivity contribution in [1.82, 2.24) is 9.80 Å². The van der Waals surface area contributed by atoms with Crippen LogP contribution >= 0.6 is 0 Å². The quantitative estimate of drug-likeness (QED) is 0.835. The molecular formula is C18H28N2O2. The number of nitrogens with zero attached hydrogens (tertiary/aromatic N) is 2. The number of rotatable bonds is 7. The fourth-order valence-electron chi connectivity index (χ4n) is 3.12. The summed E-state index contributed by atoms with van der Waals surface area (Å²) in [6.07, 6.45) is 3.30. The molecule has 0 radical (unpaired) electrons. The monoisotopic (exact) mass is 304 g/mol. The summed E-state index contributed by atoms with van der Waals surface area (Å²) in [4.78, 5) is 16.3. The largest absolute Gasteiger partial charge is 0.395 e. The van der Waals surface area contributed by atoms with Crippen molar-refractivity contribution >= 4 is 5.91 Å². The summed E-state index contributed by atoms with van der Waals surface area (Å²) in [5.41, 5.74) is 1.40. The SMILES string of the molecule is CCN(CCO)CC(=O)N1CCC(Cc2ccccc2)CC1. The smallest absolute Gasteiger partial charge is 0.236 e. The van der Waals surface area contributed by atoms with Gasteiger partial charge >= 0.3 is 0 Å². The Morgan fingerprint density at radius 1 is 1.27 bits per heavy atom. The third kappa shape index (κ3) is 5.11. The summed E-state index contributed by atoms with van der Waals surface area (Å²) in [5, 5.41) is 9.00. The van der Waals surface area contributed by atoms with Crippen LogP contribution in [0.25, 0.3) is 0 Å². The lowest BCUT2D eigenvalue weighted by Crippen LogP contribution is -2.45. The molecule has 0 bridgehead atoms. The fraction of sp³-hybridized carbons (Fsp3) is 0.611. The number of piperidine rings is 1. The van der Waals surface area contributed by atoms with Gasteiger partial charge in [0, 0.05) is 19.6 Å². The van der Waals surface area contributed by atoms with E-state index in [0.717, 1.165) is 38.9 Å². The van der Waals surface area contributed by atoms with Crippen LogP contribution in [0.5, 0.6) is 0 Å². The van der Waals surface area contributed by atoms with Crippen molar-refractivity contribution < 1.29 is 9.90 Å². The zero-order valence-electron chi connectivity index (χ0n) is 13.6. The number of aliphatic hydroxyl groups excluding tert-OH is 1. The van der Waals surface area contributed by atoms with Crippen LogP contribution in [0.3, 0.4) is 0 Å². The fourth-order valence-corrected chi connectivity index (χ4v) is 3.12. The van der Waals surface area contributed by atoms with E-state index in [9.17, 15) is 4.79 Å². The molecule has 1 amide bonds. The van der Waals surface area contributed by atoms with E-state index in [1.807, 2.05) is 16.7 Å². The lowest BCUT2D eigenvalue weighted by molar-refractivity contribution is -0.133. The van der Waals surface area contributed by atoms with Crippen LogP contribution in [0.15, 0.2) is 30.3 Å². The van der Waals surface area contributed by atoms with E-state index >= 15 is 0 Å². The van der Waals surface area contributed by atoms with Crippen molar-refractivity contribution in [3.63, 3.8) is 0 Å². The zero-order chi connectivity index (χ0) is 15.8. The Hall–Kier alpha value is -1.39. The van der Waals surface area contributed by atoms with Crippen molar-refractivity contribution in [3.05, 3.63) is 35.9 Å². The van der Waals surface area contributed by atoms with E-state index in [0.29, 0.717) is 19.0 Å². The molecular weight excluding hydrogens is 276 g/mol. The average Bonchev–Trinajstić information content (AvgIpc) is 2.56. The third-order valence-electron chi connectivity index (χ3n) is 4.56. The second-order valence-electron chi connectivity index (χ2n) is 6.11. The van der Waals surface area contributed by atoms with Gasteiger partial charge in [-0.1, -0.05) is 37.3 Å². The molecule has 1 heterocycles. The highest BCUT2D eigenvalue weighted by molar-refractivity contribution is 5.78. The van der Waals surface area contributed by atoms with Crippen LogP contribution in [0.4, 0.5) is 0 Å². The van der Waals surface area contributed by atoms with Crippen molar-refractivity contribution in [3.8, 4) is 0 Å². The van der Waals surface area contributed by atoms with Gasteiger partial charge in [0.05, 0.1) is 13.2 Å². The maximum Gasteiger partial charge on any atom is 0.236 e. The number of hydrogen-bond acceptors (Lipinski definition) is 3. The van der Waals surface area contributed by atoms with Crippen molar-refractivity contribution in [2.75, 3.05) is 39.3 Å². The van der Waals surface area contributed by atoms with Gasteiger partial charge in [-0.2, -0.15) is 0 Å². The van der Waals surface area contributed by atoms with Gasteiger partial charge < -0.3 is 10.0 Å². The molecule has 4 heteroatoms. The van der Waals surface area contributed by atoms with Gasteiger partial charge in [0.15, 0.2) is 0 Å². The second-order valence-corrected chi connectivity index (χ2v) is 6.11. The first-order valence-corrected chi connectivity index (χ1v) is 8.37. The van der Waals surface area contributed by atoms with Crippen LogP contribution in [0.2, 0.25) is 0 Å². The van der Waals surface area contributed by atoms with Crippen molar-refractivity contribution in [2.45, 2.75) is 26.2 Å². The van der Waals surface area contributed by atoms with Crippen LogP contribution < -0.4 is 0 Å². The van der Waals surface area contributed by atoms with Crippen LogP contribution in [-0.4, -0.2) is 60.1 Å². The minimum atomic E-state index is 0.111. The molecule has 0 aromatic heterocycles. The molecule has 22 heavy (non-hydrogen) atoms. The minimum absolute atomic E-state index is 0.111. The first-order chi connectivity index (χ1) is 10.7. The number of aliphatic hydroxyl groups is 1. The van der Waals surface area contributed by atoms with Gasteiger partial charge in [0.2, 0.25) is 5.91 Å². The van der Waals surface area contributed by atoms with Crippen LogP contribution in [-0.2, 0) is 11.2 Å². The molecule has 1 aliphatic rings. The van der Waals surface area contributed by atoms with Crippen LogP contribution in [0.1, 0.15) is 25.3 Å². The summed E-state index contributed by atoms with van der Waals surface area (Å²) in [6.45, 7) is 5.68. The summed E-state index contributed by atoms with van der Waals surface area (Å²) in [5.74, 6) is 0.889. The van der Waals surface area contributed by atoms with Gasteiger partial charge in [0.1, 0.15) is 0 Å². The molecule has 1 aliphatic heterocycles. The number of likely N-dealkylation sites (tertiary alicyclic amines) is 1. The van der Waals surface area contributed by atoms with Crippen molar-refractivity contribution in [1.29, 1.82) is 0 Å². The van der Waals surface area contributed by atoms with Gasteiger partial charge in [-0.05, 0) is 37.3 Å². The van der Waals surface area contributed by atoms with Gasteiger partial charge in [0.25, 0.3) is 0 Å². The van der Waals surface area contributed by atoms with Crippen LogP contribution in [0, 0.1) is 5.92 Å². The summed E-state index contributed by atoms with van der Waals surface area (Å²) in [7, 11) is 0. The lowest BCUT2D eigenvalue weighted by atomic mass is 9.90. The summed E-state index contributed by atoms with van der Waals surface area (Å²) >= 11 is 0. The lowest BCUT2D eigenvalue weighted by Gasteiger charge is -2.33. The molecule has 1 N–H and O–H groups in total. The zero-order valence-corrected chi connectivity index (χ0v) is 13.6. The molecule has 2 rings (SSSR count). The highest BCUT2D eigenvalue weighted by Gasteiger charge is 2.23. The van der Waals surface area contributed by atoms with E-state index in [2.05, 4.69) is 30.3 Å².